The number of nitrogens with one attached hydrogen (secondary N) is 1. The average Bonchev–Trinajstić information content (AvgIpc) is 3.02. The van der Waals surface area contributed by atoms with Crippen molar-refractivity contribution in [1.82, 2.24) is 14.9 Å². The minimum absolute atomic E-state index is 0.479. The lowest BCUT2D eigenvalue weighted by atomic mass is 10.0. The molecule has 4 heteroatoms. The Morgan fingerprint density at radius 2 is 2.00 bits per heavy atom. The highest BCUT2D eigenvalue weighted by Crippen LogP contribution is 2.19. The second kappa shape index (κ2) is 6.76. The van der Waals surface area contributed by atoms with Gasteiger partial charge in [0.25, 0.3) is 0 Å². The van der Waals surface area contributed by atoms with E-state index in [9.17, 15) is 0 Å². The van der Waals surface area contributed by atoms with Gasteiger partial charge in [-0.2, -0.15) is 0 Å². The van der Waals surface area contributed by atoms with Gasteiger partial charge in [0.05, 0.1) is 6.33 Å². The Kier molecular flexibility index (Phi) is 4.55. The molecule has 1 N–H and O–H groups in total. The minimum Gasteiger partial charge on any atom is -0.371 e. The van der Waals surface area contributed by atoms with Crippen molar-refractivity contribution in [3.63, 3.8) is 0 Å². The zero-order chi connectivity index (χ0) is 14.5. The molecule has 0 bridgehead atoms. The van der Waals surface area contributed by atoms with Crippen molar-refractivity contribution in [1.29, 1.82) is 0 Å². The maximum atomic E-state index is 4.09. The van der Waals surface area contributed by atoms with Crippen LogP contribution in [0.3, 0.4) is 0 Å². The molecule has 0 amide bonds. The number of anilines is 1. The van der Waals surface area contributed by atoms with Crippen molar-refractivity contribution in [2.75, 3.05) is 18.0 Å². The van der Waals surface area contributed by atoms with E-state index >= 15 is 0 Å². The monoisotopic (exact) mass is 284 g/mol. The number of nitrogens with zero attached hydrogens (tertiary/aromatic N) is 3. The third kappa shape index (κ3) is 3.85. The van der Waals surface area contributed by atoms with Crippen molar-refractivity contribution in [3.8, 4) is 0 Å². The van der Waals surface area contributed by atoms with E-state index in [1.807, 2.05) is 18.7 Å². The molecule has 1 aromatic carbocycles. The highest BCUT2D eigenvalue weighted by molar-refractivity contribution is 5.46. The summed E-state index contributed by atoms with van der Waals surface area (Å²) in [5.41, 5.74) is 1.35. The first-order valence-electron chi connectivity index (χ1n) is 7.83. The molecule has 0 radical (unpaired) electrons. The molecule has 1 aliphatic heterocycles. The summed E-state index contributed by atoms with van der Waals surface area (Å²) in [4.78, 5) is 6.58. The van der Waals surface area contributed by atoms with Gasteiger partial charge in [-0.3, -0.25) is 0 Å². The van der Waals surface area contributed by atoms with Crippen molar-refractivity contribution in [2.24, 2.45) is 0 Å². The fourth-order valence-electron chi connectivity index (χ4n) is 3.11. The average molecular weight is 284 g/mol. The predicted octanol–water partition coefficient (Wildman–Crippen LogP) is 2.53. The number of hydrogen-bond acceptors (Lipinski definition) is 3. The Labute approximate surface area is 126 Å². The first-order valence-corrected chi connectivity index (χ1v) is 7.83. The summed E-state index contributed by atoms with van der Waals surface area (Å²) >= 11 is 0. The van der Waals surface area contributed by atoms with Crippen LogP contribution >= 0.6 is 0 Å². The van der Waals surface area contributed by atoms with E-state index in [4.69, 9.17) is 0 Å². The molecule has 0 saturated carbocycles. The number of benzene rings is 1. The molecule has 1 aliphatic rings. The van der Waals surface area contributed by atoms with E-state index in [0.29, 0.717) is 12.1 Å². The lowest BCUT2D eigenvalue weighted by molar-refractivity contribution is 0.355. The van der Waals surface area contributed by atoms with Gasteiger partial charge in [0, 0.05) is 49.8 Å². The molecular formula is C17H24N4. The Morgan fingerprint density at radius 3 is 2.67 bits per heavy atom. The highest BCUT2D eigenvalue weighted by atomic mass is 15.2. The zero-order valence-electron chi connectivity index (χ0n) is 12.7. The van der Waals surface area contributed by atoms with Crippen LogP contribution in [-0.4, -0.2) is 34.7 Å². The smallest absolute Gasteiger partial charge is 0.0946 e. The fraction of sp³-hybridized carbons (Fsp3) is 0.471. The van der Waals surface area contributed by atoms with Crippen molar-refractivity contribution < 1.29 is 0 Å². The molecule has 2 heterocycles. The normalized spacial score (nSPS) is 17.9. The summed E-state index contributed by atoms with van der Waals surface area (Å²) in [5.74, 6) is 0. The summed E-state index contributed by atoms with van der Waals surface area (Å²) < 4.78 is 2.14. The fourth-order valence-corrected chi connectivity index (χ4v) is 3.11. The maximum absolute atomic E-state index is 4.09. The number of hydrogen-bond donors (Lipinski definition) is 1. The standard InChI is InChI=1S/C17H24N4/c1-15(13-20-12-9-18-14-20)19-16-7-10-21(11-8-16)17-5-3-2-4-6-17/h2-6,9,12,14-16,19H,7-8,10-11,13H2,1H3. The Bertz CT molecular complexity index is 515. The molecule has 112 valence electrons. The first kappa shape index (κ1) is 14.1. The predicted molar refractivity (Wildman–Crippen MR) is 86.5 cm³/mol. The molecule has 0 aliphatic carbocycles. The van der Waals surface area contributed by atoms with Gasteiger partial charge < -0.3 is 14.8 Å². The van der Waals surface area contributed by atoms with Gasteiger partial charge in [-0.05, 0) is 31.9 Å². The van der Waals surface area contributed by atoms with Crippen LogP contribution in [0.15, 0.2) is 49.1 Å². The first-order chi connectivity index (χ1) is 10.3. The van der Waals surface area contributed by atoms with E-state index in [1.54, 1.807) is 0 Å². The number of rotatable bonds is 5. The van der Waals surface area contributed by atoms with Crippen LogP contribution in [-0.2, 0) is 6.54 Å². The molecule has 1 atom stereocenters. The van der Waals surface area contributed by atoms with E-state index in [0.717, 1.165) is 19.6 Å². The Hall–Kier alpha value is -1.81. The van der Waals surface area contributed by atoms with Crippen LogP contribution in [0, 0.1) is 0 Å². The molecule has 4 nitrogen and oxygen atoms in total. The zero-order valence-corrected chi connectivity index (χ0v) is 12.7. The van der Waals surface area contributed by atoms with Gasteiger partial charge in [-0.1, -0.05) is 18.2 Å². The van der Waals surface area contributed by atoms with Gasteiger partial charge in [0.15, 0.2) is 0 Å². The molecule has 2 aromatic rings. The number of para-hydroxylation sites is 1. The van der Waals surface area contributed by atoms with E-state index in [-0.39, 0.29) is 0 Å². The van der Waals surface area contributed by atoms with Crippen LogP contribution < -0.4 is 10.2 Å². The van der Waals surface area contributed by atoms with Crippen molar-refractivity contribution in [2.45, 2.75) is 38.4 Å². The number of piperidine rings is 1. The van der Waals surface area contributed by atoms with Crippen LogP contribution in [0.25, 0.3) is 0 Å². The van der Waals surface area contributed by atoms with Gasteiger partial charge in [-0.15, -0.1) is 0 Å². The highest BCUT2D eigenvalue weighted by Gasteiger charge is 2.20. The van der Waals surface area contributed by atoms with Crippen molar-refractivity contribution >= 4 is 5.69 Å². The quantitative estimate of drug-likeness (QED) is 0.916. The summed E-state index contributed by atoms with van der Waals surface area (Å²) in [5, 5.41) is 3.75. The molecular weight excluding hydrogens is 260 g/mol. The number of aromatic nitrogens is 2. The summed E-state index contributed by atoms with van der Waals surface area (Å²) in [7, 11) is 0. The molecule has 1 fully saturated rings. The Morgan fingerprint density at radius 1 is 1.24 bits per heavy atom. The second-order valence-electron chi connectivity index (χ2n) is 5.92. The van der Waals surface area contributed by atoms with Crippen molar-refractivity contribution in [3.05, 3.63) is 49.1 Å². The molecule has 21 heavy (non-hydrogen) atoms. The molecule has 0 spiro atoms. The van der Waals surface area contributed by atoms with E-state index in [2.05, 4.69) is 57.0 Å². The number of imidazole rings is 1. The second-order valence-corrected chi connectivity index (χ2v) is 5.92. The van der Waals surface area contributed by atoms with E-state index in [1.165, 1.54) is 18.5 Å². The van der Waals surface area contributed by atoms with Crippen LogP contribution in [0.4, 0.5) is 5.69 Å². The van der Waals surface area contributed by atoms with Gasteiger partial charge in [0.1, 0.15) is 0 Å². The van der Waals surface area contributed by atoms with E-state index < -0.39 is 0 Å². The lowest BCUT2D eigenvalue weighted by Crippen LogP contribution is -2.46. The third-order valence-corrected chi connectivity index (χ3v) is 4.18. The summed E-state index contributed by atoms with van der Waals surface area (Å²) in [6.07, 6.45) is 8.17. The minimum atomic E-state index is 0.479. The summed E-state index contributed by atoms with van der Waals surface area (Å²) in [6, 6.07) is 11.8. The molecule has 3 rings (SSSR count). The lowest BCUT2D eigenvalue weighted by Gasteiger charge is -2.35. The SMILES string of the molecule is CC(Cn1ccnc1)NC1CCN(c2ccccc2)CC1. The van der Waals surface area contributed by atoms with Gasteiger partial charge in [0.2, 0.25) is 0 Å². The van der Waals surface area contributed by atoms with Gasteiger partial charge >= 0.3 is 0 Å². The Balaban J connectivity index is 1.45. The molecule has 1 unspecified atom stereocenters. The topological polar surface area (TPSA) is 33.1 Å². The maximum Gasteiger partial charge on any atom is 0.0946 e. The molecule has 1 aromatic heterocycles. The van der Waals surface area contributed by atoms with Crippen LogP contribution in [0.1, 0.15) is 19.8 Å². The van der Waals surface area contributed by atoms with Gasteiger partial charge in [-0.25, -0.2) is 4.98 Å². The van der Waals surface area contributed by atoms with Crippen LogP contribution in [0.5, 0.6) is 0 Å². The summed E-state index contributed by atoms with van der Waals surface area (Å²) in [6.45, 7) is 5.52. The largest absolute Gasteiger partial charge is 0.371 e. The van der Waals surface area contributed by atoms with Crippen LogP contribution in [0.2, 0.25) is 0 Å². The third-order valence-electron chi connectivity index (χ3n) is 4.18. The molecule has 1 saturated heterocycles.